The number of ether oxygens (including phenoxy) is 3. The number of sulfonamides is 1. The molecule has 0 saturated carbocycles. The van der Waals surface area contributed by atoms with Crippen LogP contribution in [0.3, 0.4) is 0 Å². The van der Waals surface area contributed by atoms with Crippen molar-refractivity contribution in [3.63, 3.8) is 0 Å². The minimum Gasteiger partial charge on any atom is -0.492 e. The van der Waals surface area contributed by atoms with Crippen molar-refractivity contribution in [2.24, 2.45) is 5.16 Å². The molecule has 1 aliphatic heterocycles. The Hall–Kier alpha value is -3.87. The Morgan fingerprint density at radius 2 is 1.74 bits per heavy atom. The molecule has 1 aliphatic rings. The van der Waals surface area contributed by atoms with Gasteiger partial charge in [-0.05, 0) is 47.6 Å². The van der Waals surface area contributed by atoms with E-state index in [1.165, 1.54) is 14.0 Å². The number of oxime groups is 1. The second-order valence-electron chi connectivity index (χ2n) is 11.2. The summed E-state index contributed by atoms with van der Waals surface area (Å²) in [6.07, 6.45) is 0. The van der Waals surface area contributed by atoms with Gasteiger partial charge in [-0.1, -0.05) is 50.2 Å². The minimum atomic E-state index is -3.64. The maximum Gasteiger partial charge on any atom is 0.278 e. The van der Waals surface area contributed by atoms with Crippen LogP contribution >= 0.6 is 0 Å². The smallest absolute Gasteiger partial charge is 0.278 e. The second-order valence-corrected chi connectivity index (χ2v) is 13.2. The molecule has 0 spiro atoms. The normalized spacial score (nSPS) is 14.9. The molecule has 1 fully saturated rings. The van der Waals surface area contributed by atoms with Crippen LogP contribution in [0.1, 0.15) is 38.8 Å². The van der Waals surface area contributed by atoms with Crippen LogP contribution in [0.25, 0.3) is 10.8 Å². The molecule has 1 amide bonds. The molecule has 0 aliphatic carbocycles. The third-order valence-corrected chi connectivity index (χ3v) is 8.57. The molecule has 0 radical (unpaired) electrons. The SMILES string of the molecule is CCS(=O)(=O)Nc1cc(C(C)(C)C)cc(NC(=O)C(=NO)c2ccc(OCCN3CCOCC3)c3ccccc23)c1OC. The molecule has 12 heteroatoms. The van der Waals surface area contributed by atoms with Gasteiger partial charge in [-0.15, -0.1) is 0 Å². The number of carbonyl (C=O) groups is 1. The zero-order valence-corrected chi connectivity index (χ0v) is 26.1. The summed E-state index contributed by atoms with van der Waals surface area (Å²) in [7, 11) is -2.26. The Balaban J connectivity index is 1.65. The summed E-state index contributed by atoms with van der Waals surface area (Å²) >= 11 is 0. The number of methoxy groups -OCH3 is 1. The number of fused-ring (bicyclic) bond motifs is 1. The fraction of sp³-hybridized carbons (Fsp3) is 0.419. The molecule has 4 rings (SSSR count). The van der Waals surface area contributed by atoms with E-state index in [4.69, 9.17) is 14.2 Å². The number of carbonyl (C=O) groups excluding carboxylic acids is 1. The number of anilines is 2. The van der Waals surface area contributed by atoms with E-state index in [-0.39, 0.29) is 34.0 Å². The maximum atomic E-state index is 13.7. The second kappa shape index (κ2) is 13.6. The molecule has 11 nitrogen and oxygen atoms in total. The van der Waals surface area contributed by atoms with Gasteiger partial charge in [0.05, 0.1) is 37.5 Å². The van der Waals surface area contributed by atoms with E-state index in [2.05, 4.69) is 20.1 Å². The van der Waals surface area contributed by atoms with Crippen LogP contribution in [0, 0.1) is 0 Å². The standard InChI is InChI=1S/C31H40N4O7S/c1-6-43(38,39)34-26-20-21(31(2,3)4)19-25(29(26)40-5)32-30(36)28(33-37)24-11-12-27(23-10-8-7-9-22(23)24)42-18-15-35-13-16-41-17-14-35/h7-12,19-20,34,37H,6,13-18H2,1-5H3,(H,32,36). The number of nitrogens with zero attached hydrogens (tertiary/aromatic N) is 2. The van der Waals surface area contributed by atoms with E-state index >= 15 is 0 Å². The molecule has 1 heterocycles. The lowest BCUT2D eigenvalue weighted by Gasteiger charge is -2.26. The molecule has 3 N–H and O–H groups in total. The summed E-state index contributed by atoms with van der Waals surface area (Å²) in [5, 5.41) is 17.6. The molecule has 0 atom stereocenters. The lowest BCUT2D eigenvalue weighted by atomic mass is 9.86. The van der Waals surface area contributed by atoms with Crippen LogP contribution in [0.2, 0.25) is 0 Å². The van der Waals surface area contributed by atoms with Gasteiger partial charge < -0.3 is 24.7 Å². The number of hydrogen-bond donors (Lipinski definition) is 3. The summed E-state index contributed by atoms with van der Waals surface area (Å²) in [6.45, 7) is 11.8. The average molecular weight is 613 g/mol. The van der Waals surface area contributed by atoms with E-state index in [1.54, 1.807) is 24.3 Å². The Labute approximate surface area is 252 Å². The highest BCUT2D eigenvalue weighted by Gasteiger charge is 2.25. The largest absolute Gasteiger partial charge is 0.492 e. The predicted octanol–water partition coefficient (Wildman–Crippen LogP) is 4.44. The molecule has 232 valence electrons. The van der Waals surface area contributed by atoms with E-state index in [1.807, 2.05) is 45.0 Å². The molecule has 43 heavy (non-hydrogen) atoms. The molecule has 0 unspecified atom stereocenters. The van der Waals surface area contributed by atoms with Gasteiger partial charge >= 0.3 is 0 Å². The Morgan fingerprint density at radius 3 is 2.37 bits per heavy atom. The lowest BCUT2D eigenvalue weighted by molar-refractivity contribution is -0.110. The van der Waals surface area contributed by atoms with Crippen molar-refractivity contribution in [3.8, 4) is 11.5 Å². The van der Waals surface area contributed by atoms with Crippen LogP contribution in [-0.4, -0.2) is 82.5 Å². The number of nitrogens with one attached hydrogen (secondary N) is 2. The summed E-state index contributed by atoms with van der Waals surface area (Å²) < 4.78 is 44.5. The van der Waals surface area contributed by atoms with Crippen molar-refractivity contribution in [1.82, 2.24) is 4.90 Å². The van der Waals surface area contributed by atoms with Crippen LogP contribution < -0.4 is 19.5 Å². The van der Waals surface area contributed by atoms with Crippen molar-refractivity contribution < 1.29 is 32.6 Å². The van der Waals surface area contributed by atoms with Gasteiger partial charge in [-0.3, -0.25) is 14.4 Å². The maximum absolute atomic E-state index is 13.7. The van der Waals surface area contributed by atoms with Gasteiger partial charge in [0.15, 0.2) is 11.5 Å². The third kappa shape index (κ3) is 7.75. The summed E-state index contributed by atoms with van der Waals surface area (Å²) in [5.74, 6) is -0.0663. The molecule has 3 aromatic carbocycles. The number of rotatable bonds is 11. The van der Waals surface area contributed by atoms with Crippen molar-refractivity contribution in [2.45, 2.75) is 33.1 Å². The Bertz CT molecular complexity index is 1590. The van der Waals surface area contributed by atoms with Gasteiger partial charge in [0.1, 0.15) is 12.4 Å². The molecular formula is C31H40N4O7S. The fourth-order valence-corrected chi connectivity index (χ4v) is 5.44. The lowest BCUT2D eigenvalue weighted by Crippen LogP contribution is -2.38. The first-order valence-electron chi connectivity index (χ1n) is 14.2. The summed E-state index contributed by atoms with van der Waals surface area (Å²) in [6, 6.07) is 14.3. The van der Waals surface area contributed by atoms with Gasteiger partial charge in [-0.25, -0.2) is 8.42 Å². The van der Waals surface area contributed by atoms with E-state index < -0.39 is 15.9 Å². The monoisotopic (exact) mass is 612 g/mol. The number of amides is 1. The Morgan fingerprint density at radius 1 is 1.07 bits per heavy atom. The number of benzene rings is 3. The molecule has 0 aromatic heterocycles. The zero-order valence-electron chi connectivity index (χ0n) is 25.3. The molecule has 0 bridgehead atoms. The first kappa shape index (κ1) is 32.1. The number of hydrogen-bond acceptors (Lipinski definition) is 9. The predicted molar refractivity (Wildman–Crippen MR) is 168 cm³/mol. The van der Waals surface area contributed by atoms with Gasteiger partial charge in [0.2, 0.25) is 10.0 Å². The van der Waals surface area contributed by atoms with Crippen molar-refractivity contribution >= 4 is 43.8 Å². The van der Waals surface area contributed by atoms with Crippen molar-refractivity contribution in [2.75, 3.05) is 62.4 Å². The van der Waals surface area contributed by atoms with E-state index in [0.717, 1.165) is 30.6 Å². The first-order valence-corrected chi connectivity index (χ1v) is 15.8. The van der Waals surface area contributed by atoms with Crippen LogP contribution in [-0.2, 0) is 25.0 Å². The summed E-state index contributed by atoms with van der Waals surface area (Å²) in [4.78, 5) is 15.9. The topological polar surface area (TPSA) is 139 Å². The van der Waals surface area contributed by atoms with E-state index in [9.17, 15) is 18.4 Å². The van der Waals surface area contributed by atoms with Crippen molar-refractivity contribution in [1.29, 1.82) is 0 Å². The van der Waals surface area contributed by atoms with Crippen molar-refractivity contribution in [3.05, 3.63) is 59.7 Å². The van der Waals surface area contributed by atoms with Gasteiger partial charge in [-0.2, -0.15) is 0 Å². The zero-order chi connectivity index (χ0) is 31.2. The third-order valence-electron chi connectivity index (χ3n) is 7.28. The van der Waals surface area contributed by atoms with Crippen LogP contribution in [0.15, 0.2) is 53.7 Å². The van der Waals surface area contributed by atoms with Gasteiger partial charge in [0, 0.05) is 30.6 Å². The molecule has 1 saturated heterocycles. The average Bonchev–Trinajstić information content (AvgIpc) is 2.98. The summed E-state index contributed by atoms with van der Waals surface area (Å²) in [5.41, 5.74) is 0.952. The van der Waals surface area contributed by atoms with Crippen LogP contribution in [0.4, 0.5) is 11.4 Å². The van der Waals surface area contributed by atoms with Crippen LogP contribution in [0.5, 0.6) is 11.5 Å². The highest BCUT2D eigenvalue weighted by atomic mass is 32.2. The van der Waals surface area contributed by atoms with Gasteiger partial charge in [0.25, 0.3) is 5.91 Å². The highest BCUT2D eigenvalue weighted by Crippen LogP contribution is 2.39. The fourth-order valence-electron chi connectivity index (χ4n) is 4.81. The molecular weight excluding hydrogens is 572 g/mol. The highest BCUT2D eigenvalue weighted by molar-refractivity contribution is 7.92. The molecule has 3 aromatic rings. The first-order chi connectivity index (χ1) is 20.5. The minimum absolute atomic E-state index is 0.129. The van der Waals surface area contributed by atoms with E-state index in [0.29, 0.717) is 36.5 Å². The quantitative estimate of drug-likeness (QED) is 0.164. The Kier molecular flexibility index (Phi) is 10.2. The number of morpholine rings is 1.